The van der Waals surface area contributed by atoms with Crippen LogP contribution in [-0.4, -0.2) is 16.9 Å². The van der Waals surface area contributed by atoms with Gasteiger partial charge >= 0.3 is 0 Å². The SMILES string of the molecule is CC(C)(C)c1ccc(C(=O)c2cccn2CCN)cc1. The fourth-order valence-electron chi connectivity index (χ4n) is 2.22. The molecule has 1 aromatic heterocycles. The molecule has 3 heteroatoms. The third-order valence-electron chi connectivity index (χ3n) is 3.45. The molecule has 0 unspecified atom stereocenters. The van der Waals surface area contributed by atoms with Crippen LogP contribution in [0.4, 0.5) is 0 Å². The number of hydrogen-bond donors (Lipinski definition) is 1. The molecule has 0 aliphatic rings. The van der Waals surface area contributed by atoms with Gasteiger partial charge in [-0.05, 0) is 23.1 Å². The number of nitrogens with zero attached hydrogens (tertiary/aromatic N) is 1. The third kappa shape index (κ3) is 2.99. The molecule has 2 rings (SSSR count). The van der Waals surface area contributed by atoms with E-state index in [0.29, 0.717) is 18.8 Å². The van der Waals surface area contributed by atoms with Crippen molar-refractivity contribution in [2.45, 2.75) is 32.7 Å². The van der Waals surface area contributed by atoms with Gasteiger partial charge < -0.3 is 10.3 Å². The van der Waals surface area contributed by atoms with E-state index in [-0.39, 0.29) is 11.2 Å². The molecule has 0 fully saturated rings. The zero-order valence-electron chi connectivity index (χ0n) is 12.4. The first-order valence-corrected chi connectivity index (χ1v) is 6.94. The summed E-state index contributed by atoms with van der Waals surface area (Å²) in [4.78, 5) is 12.5. The zero-order valence-corrected chi connectivity index (χ0v) is 12.4. The van der Waals surface area contributed by atoms with Gasteiger partial charge in [-0.1, -0.05) is 45.0 Å². The Hall–Kier alpha value is -1.87. The van der Waals surface area contributed by atoms with E-state index in [0.717, 1.165) is 5.56 Å². The number of hydrogen-bond acceptors (Lipinski definition) is 2. The Bertz CT molecular complexity index is 588. The van der Waals surface area contributed by atoms with Gasteiger partial charge in [-0.25, -0.2) is 0 Å². The lowest BCUT2D eigenvalue weighted by atomic mass is 9.86. The van der Waals surface area contributed by atoms with E-state index >= 15 is 0 Å². The molecular weight excluding hydrogens is 248 g/mol. The van der Waals surface area contributed by atoms with Crippen molar-refractivity contribution in [2.24, 2.45) is 5.73 Å². The Labute approximate surface area is 120 Å². The predicted molar refractivity (Wildman–Crippen MR) is 82.1 cm³/mol. The summed E-state index contributed by atoms with van der Waals surface area (Å²) in [5, 5.41) is 0. The molecule has 0 amide bonds. The zero-order chi connectivity index (χ0) is 14.8. The lowest BCUT2D eigenvalue weighted by molar-refractivity contribution is 0.103. The minimum atomic E-state index is 0.0453. The fourth-order valence-corrected chi connectivity index (χ4v) is 2.22. The summed E-state index contributed by atoms with van der Waals surface area (Å²) in [5.74, 6) is 0.0453. The monoisotopic (exact) mass is 270 g/mol. The molecule has 2 aromatic rings. The molecule has 20 heavy (non-hydrogen) atoms. The number of rotatable bonds is 4. The van der Waals surface area contributed by atoms with E-state index in [1.807, 2.05) is 47.2 Å². The van der Waals surface area contributed by atoms with Crippen LogP contribution in [0.3, 0.4) is 0 Å². The molecule has 0 aliphatic heterocycles. The molecule has 0 bridgehead atoms. The Morgan fingerprint density at radius 2 is 1.80 bits per heavy atom. The molecule has 0 aliphatic carbocycles. The van der Waals surface area contributed by atoms with Gasteiger partial charge in [0, 0.05) is 24.8 Å². The molecule has 0 spiro atoms. The highest BCUT2D eigenvalue weighted by molar-refractivity contribution is 6.08. The van der Waals surface area contributed by atoms with Gasteiger partial charge in [-0.2, -0.15) is 0 Å². The first-order chi connectivity index (χ1) is 9.43. The van der Waals surface area contributed by atoms with E-state index in [9.17, 15) is 4.79 Å². The molecule has 3 nitrogen and oxygen atoms in total. The predicted octanol–water partition coefficient (Wildman–Crippen LogP) is 2.98. The fraction of sp³-hybridized carbons (Fsp3) is 0.353. The third-order valence-corrected chi connectivity index (χ3v) is 3.45. The van der Waals surface area contributed by atoms with Gasteiger partial charge in [0.2, 0.25) is 5.78 Å². The molecule has 106 valence electrons. The second-order valence-electron chi connectivity index (χ2n) is 6.03. The van der Waals surface area contributed by atoms with E-state index < -0.39 is 0 Å². The Morgan fingerprint density at radius 3 is 2.35 bits per heavy atom. The highest BCUT2D eigenvalue weighted by atomic mass is 16.1. The van der Waals surface area contributed by atoms with Crippen molar-refractivity contribution in [1.29, 1.82) is 0 Å². The molecular formula is C17H22N2O. The second kappa shape index (κ2) is 5.63. The molecule has 2 N–H and O–H groups in total. The Morgan fingerprint density at radius 1 is 1.15 bits per heavy atom. The molecule has 1 aromatic carbocycles. The summed E-state index contributed by atoms with van der Waals surface area (Å²) in [6.07, 6.45) is 1.89. The number of benzene rings is 1. The first kappa shape index (κ1) is 14.5. The van der Waals surface area contributed by atoms with Crippen molar-refractivity contribution in [1.82, 2.24) is 4.57 Å². The smallest absolute Gasteiger partial charge is 0.209 e. The van der Waals surface area contributed by atoms with Crippen LogP contribution in [0.1, 0.15) is 42.4 Å². The van der Waals surface area contributed by atoms with E-state index in [1.165, 1.54) is 5.56 Å². The van der Waals surface area contributed by atoms with Gasteiger partial charge in [0.1, 0.15) is 0 Å². The second-order valence-corrected chi connectivity index (χ2v) is 6.03. The molecule has 0 atom stereocenters. The normalized spacial score (nSPS) is 11.6. The van der Waals surface area contributed by atoms with Gasteiger partial charge in [0.05, 0.1) is 5.69 Å². The Kier molecular flexibility index (Phi) is 4.09. The van der Waals surface area contributed by atoms with Crippen molar-refractivity contribution in [3.8, 4) is 0 Å². The van der Waals surface area contributed by atoms with Crippen LogP contribution in [0.2, 0.25) is 0 Å². The van der Waals surface area contributed by atoms with Gasteiger partial charge in [0.15, 0.2) is 0 Å². The number of carbonyl (C=O) groups excluding carboxylic acids is 1. The number of carbonyl (C=O) groups is 1. The van der Waals surface area contributed by atoms with Crippen molar-refractivity contribution in [2.75, 3.05) is 6.54 Å². The van der Waals surface area contributed by atoms with Crippen molar-refractivity contribution in [3.05, 3.63) is 59.4 Å². The highest BCUT2D eigenvalue weighted by Gasteiger charge is 2.16. The van der Waals surface area contributed by atoms with Crippen LogP contribution in [0, 0.1) is 0 Å². The maximum atomic E-state index is 12.5. The lowest BCUT2D eigenvalue weighted by Gasteiger charge is -2.19. The molecule has 0 saturated heterocycles. The van der Waals surface area contributed by atoms with Crippen LogP contribution < -0.4 is 5.73 Å². The van der Waals surface area contributed by atoms with Gasteiger partial charge in [0.25, 0.3) is 0 Å². The average molecular weight is 270 g/mol. The molecule has 0 saturated carbocycles. The summed E-state index contributed by atoms with van der Waals surface area (Å²) in [5.41, 5.74) is 8.30. The number of ketones is 1. The van der Waals surface area contributed by atoms with Crippen LogP contribution in [0.25, 0.3) is 0 Å². The number of nitrogens with two attached hydrogens (primary N) is 1. The highest BCUT2D eigenvalue weighted by Crippen LogP contribution is 2.23. The number of aromatic nitrogens is 1. The molecule has 1 heterocycles. The minimum absolute atomic E-state index is 0.0453. The summed E-state index contributed by atoms with van der Waals surface area (Å²) in [6, 6.07) is 11.6. The standard InChI is InChI=1S/C17H22N2O/c1-17(2,3)14-8-6-13(7-9-14)16(20)15-5-4-11-19(15)12-10-18/h4-9,11H,10,12,18H2,1-3H3. The van der Waals surface area contributed by atoms with E-state index in [4.69, 9.17) is 5.73 Å². The van der Waals surface area contributed by atoms with Crippen LogP contribution >= 0.6 is 0 Å². The molecule has 0 radical (unpaired) electrons. The van der Waals surface area contributed by atoms with Crippen LogP contribution in [0.5, 0.6) is 0 Å². The van der Waals surface area contributed by atoms with Crippen molar-refractivity contribution < 1.29 is 4.79 Å². The lowest BCUT2D eigenvalue weighted by Crippen LogP contribution is -2.15. The summed E-state index contributed by atoms with van der Waals surface area (Å²) in [7, 11) is 0. The van der Waals surface area contributed by atoms with Crippen molar-refractivity contribution >= 4 is 5.78 Å². The van der Waals surface area contributed by atoms with E-state index in [2.05, 4.69) is 20.8 Å². The minimum Gasteiger partial charge on any atom is -0.344 e. The summed E-state index contributed by atoms with van der Waals surface area (Å²) < 4.78 is 1.90. The quantitative estimate of drug-likeness (QED) is 0.868. The summed E-state index contributed by atoms with van der Waals surface area (Å²) in [6.45, 7) is 7.68. The first-order valence-electron chi connectivity index (χ1n) is 6.94. The van der Waals surface area contributed by atoms with Crippen LogP contribution in [-0.2, 0) is 12.0 Å². The summed E-state index contributed by atoms with van der Waals surface area (Å²) >= 11 is 0. The maximum absolute atomic E-state index is 12.5. The van der Waals surface area contributed by atoms with Crippen molar-refractivity contribution in [3.63, 3.8) is 0 Å². The van der Waals surface area contributed by atoms with Crippen LogP contribution in [0.15, 0.2) is 42.6 Å². The Balaban J connectivity index is 2.27. The van der Waals surface area contributed by atoms with Gasteiger partial charge in [-0.3, -0.25) is 4.79 Å². The largest absolute Gasteiger partial charge is 0.344 e. The van der Waals surface area contributed by atoms with Gasteiger partial charge in [-0.15, -0.1) is 0 Å². The van der Waals surface area contributed by atoms with E-state index in [1.54, 1.807) is 0 Å². The average Bonchev–Trinajstić information content (AvgIpc) is 2.86. The maximum Gasteiger partial charge on any atom is 0.209 e. The topological polar surface area (TPSA) is 48.0 Å².